The van der Waals surface area contributed by atoms with Gasteiger partial charge in [0.05, 0.1) is 17.1 Å². The van der Waals surface area contributed by atoms with E-state index in [-0.39, 0.29) is 10.6 Å². The van der Waals surface area contributed by atoms with Crippen LogP contribution in [0.4, 0.5) is 17.3 Å². The van der Waals surface area contributed by atoms with E-state index in [2.05, 4.69) is 27.6 Å². The van der Waals surface area contributed by atoms with E-state index in [1.807, 2.05) is 6.92 Å². The largest absolute Gasteiger partial charge is 0.370 e. The fourth-order valence-corrected chi connectivity index (χ4v) is 2.67. The molecule has 1 aromatic heterocycles. The molecule has 2 heterocycles. The summed E-state index contributed by atoms with van der Waals surface area (Å²) in [5.41, 5.74) is 0.0595. The highest BCUT2D eigenvalue weighted by atomic mass is 16.6. The number of piperidine rings is 1. The normalized spacial score (nSPS) is 19.2. The molecule has 1 unspecified atom stereocenters. The van der Waals surface area contributed by atoms with Crippen LogP contribution in [0.1, 0.15) is 19.8 Å². The van der Waals surface area contributed by atoms with Crippen molar-refractivity contribution >= 4 is 17.3 Å². The summed E-state index contributed by atoms with van der Waals surface area (Å²) in [6.07, 6.45) is 2.39. The molecule has 1 aliphatic heterocycles. The van der Waals surface area contributed by atoms with Crippen molar-refractivity contribution < 1.29 is 4.92 Å². The van der Waals surface area contributed by atoms with Gasteiger partial charge in [0.1, 0.15) is 11.6 Å². The third kappa shape index (κ3) is 4.56. The Kier molecular flexibility index (Phi) is 5.32. The molecule has 7 heteroatoms. The molecule has 1 aromatic rings. The van der Waals surface area contributed by atoms with Crippen LogP contribution in [-0.2, 0) is 0 Å². The zero-order valence-electron chi connectivity index (χ0n) is 12.6. The van der Waals surface area contributed by atoms with E-state index in [4.69, 9.17) is 0 Å². The van der Waals surface area contributed by atoms with E-state index in [9.17, 15) is 10.1 Å². The first kappa shape index (κ1) is 15.5. The van der Waals surface area contributed by atoms with E-state index in [0.717, 1.165) is 19.6 Å². The van der Waals surface area contributed by atoms with Crippen LogP contribution in [0.15, 0.2) is 12.1 Å². The Morgan fingerprint density at radius 1 is 1.43 bits per heavy atom. The lowest BCUT2D eigenvalue weighted by atomic mass is 9.98. The zero-order chi connectivity index (χ0) is 15.2. The molecule has 1 saturated heterocycles. The van der Waals surface area contributed by atoms with E-state index >= 15 is 0 Å². The summed E-state index contributed by atoms with van der Waals surface area (Å²) in [4.78, 5) is 17.3. The smallest absolute Gasteiger partial charge is 0.276 e. The van der Waals surface area contributed by atoms with Crippen molar-refractivity contribution in [1.29, 1.82) is 0 Å². The number of hydrogen-bond donors (Lipinski definition) is 2. The van der Waals surface area contributed by atoms with Crippen LogP contribution in [0.3, 0.4) is 0 Å². The SMILES string of the molecule is CCNc1cc([N+](=O)[O-])cc(NCC2CCCN(C)C2)n1. The van der Waals surface area contributed by atoms with Crippen molar-refractivity contribution in [3.05, 3.63) is 22.2 Å². The van der Waals surface area contributed by atoms with Gasteiger partial charge in [-0.2, -0.15) is 0 Å². The molecule has 1 fully saturated rings. The second-order valence-electron chi connectivity index (χ2n) is 5.53. The summed E-state index contributed by atoms with van der Waals surface area (Å²) in [6, 6.07) is 2.95. The van der Waals surface area contributed by atoms with E-state index in [0.29, 0.717) is 24.1 Å². The molecule has 1 atom stereocenters. The molecular weight excluding hydrogens is 270 g/mol. The minimum absolute atomic E-state index is 0.0595. The van der Waals surface area contributed by atoms with Crippen molar-refractivity contribution in [1.82, 2.24) is 9.88 Å². The molecule has 1 aliphatic rings. The third-order valence-electron chi connectivity index (χ3n) is 3.67. The average molecular weight is 293 g/mol. The van der Waals surface area contributed by atoms with Crippen LogP contribution in [0.5, 0.6) is 0 Å². The van der Waals surface area contributed by atoms with Gasteiger partial charge < -0.3 is 15.5 Å². The number of nitrogens with one attached hydrogen (secondary N) is 2. The number of aromatic nitrogens is 1. The van der Waals surface area contributed by atoms with Gasteiger partial charge in [-0.3, -0.25) is 10.1 Å². The van der Waals surface area contributed by atoms with Gasteiger partial charge in [-0.1, -0.05) is 0 Å². The summed E-state index contributed by atoms with van der Waals surface area (Å²) in [6.45, 7) is 5.62. The molecule has 116 valence electrons. The van der Waals surface area contributed by atoms with Crippen molar-refractivity contribution in [3.63, 3.8) is 0 Å². The summed E-state index contributed by atoms with van der Waals surface area (Å²) in [5.74, 6) is 1.66. The molecule has 2 rings (SSSR count). The number of nitrogens with zero attached hydrogens (tertiary/aromatic N) is 3. The van der Waals surface area contributed by atoms with Gasteiger partial charge >= 0.3 is 0 Å². The van der Waals surface area contributed by atoms with Crippen LogP contribution in [0.25, 0.3) is 0 Å². The number of rotatable bonds is 6. The minimum atomic E-state index is -0.387. The number of anilines is 2. The Morgan fingerprint density at radius 3 is 2.76 bits per heavy atom. The zero-order valence-corrected chi connectivity index (χ0v) is 12.6. The molecule has 0 spiro atoms. The van der Waals surface area contributed by atoms with Gasteiger partial charge in [-0.05, 0) is 39.3 Å². The number of likely N-dealkylation sites (tertiary alicyclic amines) is 1. The summed E-state index contributed by atoms with van der Waals surface area (Å²) in [7, 11) is 2.13. The number of hydrogen-bond acceptors (Lipinski definition) is 6. The van der Waals surface area contributed by atoms with Crippen LogP contribution >= 0.6 is 0 Å². The maximum Gasteiger partial charge on any atom is 0.276 e. The monoisotopic (exact) mass is 293 g/mol. The highest BCUT2D eigenvalue weighted by Gasteiger charge is 2.18. The van der Waals surface area contributed by atoms with Crippen molar-refractivity contribution in [2.24, 2.45) is 5.92 Å². The van der Waals surface area contributed by atoms with Gasteiger partial charge in [0.25, 0.3) is 5.69 Å². The Hall–Kier alpha value is -1.89. The highest BCUT2D eigenvalue weighted by molar-refractivity contribution is 5.54. The standard InChI is InChI=1S/C14H23N5O2/c1-3-15-13-7-12(19(20)21)8-14(17-13)16-9-11-5-4-6-18(2)10-11/h7-8,11H,3-6,9-10H2,1-2H3,(H2,15,16,17). The van der Waals surface area contributed by atoms with Crippen molar-refractivity contribution in [2.45, 2.75) is 19.8 Å². The van der Waals surface area contributed by atoms with Crippen molar-refractivity contribution in [3.8, 4) is 0 Å². The maximum atomic E-state index is 11.0. The Morgan fingerprint density at radius 2 is 2.14 bits per heavy atom. The average Bonchev–Trinajstić information content (AvgIpc) is 2.45. The first-order chi connectivity index (χ1) is 10.1. The predicted molar refractivity (Wildman–Crippen MR) is 83.8 cm³/mol. The van der Waals surface area contributed by atoms with Gasteiger partial charge in [0.2, 0.25) is 0 Å². The van der Waals surface area contributed by atoms with Gasteiger partial charge in [0, 0.05) is 19.6 Å². The first-order valence-corrected chi connectivity index (χ1v) is 7.41. The molecular formula is C14H23N5O2. The fraction of sp³-hybridized carbons (Fsp3) is 0.643. The van der Waals surface area contributed by atoms with Gasteiger partial charge in [-0.15, -0.1) is 0 Å². The lowest BCUT2D eigenvalue weighted by Gasteiger charge is -2.29. The molecule has 0 aromatic carbocycles. The molecule has 0 aliphatic carbocycles. The summed E-state index contributed by atoms with van der Waals surface area (Å²) < 4.78 is 0. The fourth-order valence-electron chi connectivity index (χ4n) is 2.67. The van der Waals surface area contributed by atoms with E-state index < -0.39 is 0 Å². The highest BCUT2D eigenvalue weighted by Crippen LogP contribution is 2.22. The van der Waals surface area contributed by atoms with Crippen LogP contribution in [-0.4, -0.2) is 48.0 Å². The Balaban J connectivity index is 2.02. The first-order valence-electron chi connectivity index (χ1n) is 7.41. The molecule has 2 N–H and O–H groups in total. The van der Waals surface area contributed by atoms with Gasteiger partial charge in [-0.25, -0.2) is 4.98 Å². The third-order valence-corrected chi connectivity index (χ3v) is 3.67. The van der Waals surface area contributed by atoms with Crippen LogP contribution < -0.4 is 10.6 Å². The quantitative estimate of drug-likeness (QED) is 0.618. The Labute approximate surface area is 124 Å². The molecule has 0 saturated carbocycles. The lowest BCUT2D eigenvalue weighted by molar-refractivity contribution is -0.384. The molecule has 0 bridgehead atoms. The maximum absolute atomic E-state index is 11.0. The predicted octanol–water partition coefficient (Wildman–Crippen LogP) is 2.18. The molecule has 21 heavy (non-hydrogen) atoms. The molecule has 7 nitrogen and oxygen atoms in total. The Bertz CT molecular complexity index is 494. The summed E-state index contributed by atoms with van der Waals surface area (Å²) in [5, 5.41) is 17.2. The minimum Gasteiger partial charge on any atom is -0.370 e. The van der Waals surface area contributed by atoms with Crippen LogP contribution in [0.2, 0.25) is 0 Å². The van der Waals surface area contributed by atoms with Crippen molar-refractivity contribution in [2.75, 3.05) is 43.9 Å². The number of pyridine rings is 1. The molecule has 0 radical (unpaired) electrons. The summed E-state index contributed by atoms with van der Waals surface area (Å²) >= 11 is 0. The van der Waals surface area contributed by atoms with Gasteiger partial charge in [0.15, 0.2) is 0 Å². The second kappa shape index (κ2) is 7.21. The topological polar surface area (TPSA) is 83.3 Å². The lowest BCUT2D eigenvalue weighted by Crippen LogP contribution is -2.35. The van der Waals surface area contributed by atoms with Crippen LogP contribution in [0, 0.1) is 16.0 Å². The number of nitro groups is 1. The molecule has 0 amide bonds. The second-order valence-corrected chi connectivity index (χ2v) is 5.53. The van der Waals surface area contributed by atoms with E-state index in [1.165, 1.54) is 25.0 Å². The van der Waals surface area contributed by atoms with E-state index in [1.54, 1.807) is 0 Å².